The van der Waals surface area contributed by atoms with E-state index >= 15 is 0 Å². The number of hydrogen-bond donors (Lipinski definition) is 1. The van der Waals surface area contributed by atoms with Crippen molar-refractivity contribution >= 4 is 12.4 Å². The first kappa shape index (κ1) is 10.6. The Balaban J connectivity index is 0.000000980. The third-order valence-electron chi connectivity index (χ3n) is 1.62. The van der Waals surface area contributed by atoms with Gasteiger partial charge in [0.25, 0.3) is 0 Å². The molecule has 0 unspecified atom stereocenters. The fourth-order valence-electron chi connectivity index (χ4n) is 0.996. The van der Waals surface area contributed by atoms with E-state index in [9.17, 15) is 0 Å². The standard InChI is InChI=1S/C8H9N5.ClH/c9-6-8-10-12-13(11-8)7-4-2-1-3-5-7;/h1-5H,6,9H2;1H. The molecule has 0 spiro atoms. The maximum Gasteiger partial charge on any atom is 0.188 e. The van der Waals surface area contributed by atoms with Gasteiger partial charge in [-0.25, -0.2) is 0 Å². The van der Waals surface area contributed by atoms with E-state index in [-0.39, 0.29) is 12.4 Å². The maximum absolute atomic E-state index is 5.36. The number of hydrogen-bond acceptors (Lipinski definition) is 4. The van der Waals surface area contributed by atoms with E-state index in [0.29, 0.717) is 12.4 Å². The zero-order valence-corrected chi connectivity index (χ0v) is 8.18. The summed E-state index contributed by atoms with van der Waals surface area (Å²) in [4.78, 5) is 1.46. The van der Waals surface area contributed by atoms with Gasteiger partial charge in [-0.05, 0) is 17.3 Å². The summed E-state index contributed by atoms with van der Waals surface area (Å²) in [6.07, 6.45) is 0. The van der Waals surface area contributed by atoms with Crippen LogP contribution in [-0.2, 0) is 6.54 Å². The van der Waals surface area contributed by atoms with Gasteiger partial charge < -0.3 is 5.73 Å². The molecular weight excluding hydrogens is 202 g/mol. The zero-order valence-electron chi connectivity index (χ0n) is 7.37. The van der Waals surface area contributed by atoms with E-state index in [2.05, 4.69) is 15.4 Å². The third kappa shape index (κ3) is 2.07. The van der Waals surface area contributed by atoms with Gasteiger partial charge in [-0.3, -0.25) is 0 Å². The number of nitrogens with two attached hydrogens (primary N) is 1. The van der Waals surface area contributed by atoms with Crippen molar-refractivity contribution in [1.82, 2.24) is 20.2 Å². The van der Waals surface area contributed by atoms with Crippen molar-refractivity contribution in [1.29, 1.82) is 0 Å². The Morgan fingerprint density at radius 3 is 2.50 bits per heavy atom. The summed E-state index contributed by atoms with van der Waals surface area (Å²) in [6.45, 7) is 0.312. The first-order valence-corrected chi connectivity index (χ1v) is 3.94. The van der Waals surface area contributed by atoms with Crippen LogP contribution >= 0.6 is 12.4 Å². The van der Waals surface area contributed by atoms with Gasteiger partial charge in [0.1, 0.15) is 0 Å². The van der Waals surface area contributed by atoms with E-state index in [1.54, 1.807) is 0 Å². The highest BCUT2D eigenvalue weighted by Gasteiger charge is 2.00. The monoisotopic (exact) mass is 211 g/mol. The molecule has 5 nitrogen and oxygen atoms in total. The predicted octanol–water partition coefficient (Wildman–Crippen LogP) is 0.543. The number of halogens is 1. The molecule has 0 atom stereocenters. The van der Waals surface area contributed by atoms with Crippen molar-refractivity contribution in [2.75, 3.05) is 0 Å². The van der Waals surface area contributed by atoms with Crippen LogP contribution in [0.25, 0.3) is 5.69 Å². The minimum Gasteiger partial charge on any atom is -0.324 e. The van der Waals surface area contributed by atoms with Gasteiger partial charge in [0, 0.05) is 0 Å². The number of benzene rings is 1. The molecule has 6 heteroatoms. The largest absolute Gasteiger partial charge is 0.324 e. The molecule has 0 saturated carbocycles. The number of rotatable bonds is 2. The van der Waals surface area contributed by atoms with Crippen LogP contribution in [0.1, 0.15) is 5.82 Å². The Hall–Kier alpha value is -1.46. The lowest BCUT2D eigenvalue weighted by atomic mass is 10.3. The van der Waals surface area contributed by atoms with E-state index in [1.165, 1.54) is 4.80 Å². The van der Waals surface area contributed by atoms with Gasteiger partial charge in [0.05, 0.1) is 12.2 Å². The Morgan fingerprint density at radius 1 is 1.21 bits per heavy atom. The molecule has 1 aromatic carbocycles. The highest BCUT2D eigenvalue weighted by molar-refractivity contribution is 5.85. The molecule has 2 aromatic rings. The zero-order chi connectivity index (χ0) is 9.10. The summed E-state index contributed by atoms with van der Waals surface area (Å²) >= 11 is 0. The molecular formula is C8H10ClN5. The molecule has 0 amide bonds. The predicted molar refractivity (Wildman–Crippen MR) is 54.3 cm³/mol. The minimum absolute atomic E-state index is 0. The molecule has 0 fully saturated rings. The lowest BCUT2D eigenvalue weighted by molar-refractivity contribution is 0.717. The van der Waals surface area contributed by atoms with E-state index < -0.39 is 0 Å². The van der Waals surface area contributed by atoms with Crippen molar-refractivity contribution in [2.45, 2.75) is 6.54 Å². The third-order valence-corrected chi connectivity index (χ3v) is 1.62. The van der Waals surface area contributed by atoms with Crippen molar-refractivity contribution in [3.63, 3.8) is 0 Å². The molecule has 0 bridgehead atoms. The van der Waals surface area contributed by atoms with Crippen LogP contribution in [0.4, 0.5) is 0 Å². The number of aromatic nitrogens is 4. The van der Waals surface area contributed by atoms with Crippen LogP contribution in [0.2, 0.25) is 0 Å². The second-order valence-electron chi connectivity index (χ2n) is 2.53. The van der Waals surface area contributed by atoms with Crippen LogP contribution in [0.3, 0.4) is 0 Å². The van der Waals surface area contributed by atoms with Crippen molar-refractivity contribution < 1.29 is 0 Å². The summed E-state index contributed by atoms with van der Waals surface area (Å²) < 4.78 is 0. The Morgan fingerprint density at radius 2 is 1.93 bits per heavy atom. The SMILES string of the molecule is Cl.NCc1nnn(-c2ccccc2)n1. The second-order valence-corrected chi connectivity index (χ2v) is 2.53. The van der Waals surface area contributed by atoms with Gasteiger partial charge in [0.15, 0.2) is 5.82 Å². The van der Waals surface area contributed by atoms with Gasteiger partial charge in [-0.1, -0.05) is 18.2 Å². The molecule has 14 heavy (non-hydrogen) atoms. The Labute approximate surface area is 87.3 Å². The van der Waals surface area contributed by atoms with Crippen LogP contribution < -0.4 is 5.73 Å². The van der Waals surface area contributed by atoms with Gasteiger partial charge in [-0.2, -0.15) is 0 Å². The van der Waals surface area contributed by atoms with Crippen LogP contribution in [0.5, 0.6) is 0 Å². The number of nitrogens with zero attached hydrogens (tertiary/aromatic N) is 4. The van der Waals surface area contributed by atoms with Crippen LogP contribution in [0.15, 0.2) is 30.3 Å². The summed E-state index contributed by atoms with van der Waals surface area (Å²) in [5, 5.41) is 11.7. The highest BCUT2D eigenvalue weighted by Crippen LogP contribution is 2.01. The lowest BCUT2D eigenvalue weighted by Crippen LogP contribution is -2.01. The smallest absolute Gasteiger partial charge is 0.188 e. The summed E-state index contributed by atoms with van der Waals surface area (Å²) in [7, 11) is 0. The molecule has 74 valence electrons. The van der Waals surface area contributed by atoms with Gasteiger partial charge in [-0.15, -0.1) is 27.4 Å². The molecule has 2 rings (SSSR count). The average molecular weight is 212 g/mol. The lowest BCUT2D eigenvalue weighted by Gasteiger charge is -1.94. The molecule has 0 aliphatic rings. The summed E-state index contributed by atoms with van der Waals surface area (Å²) in [5.74, 6) is 0.545. The van der Waals surface area contributed by atoms with Crippen molar-refractivity contribution in [3.8, 4) is 5.69 Å². The minimum atomic E-state index is 0. The van der Waals surface area contributed by atoms with Crippen molar-refractivity contribution in [2.24, 2.45) is 5.73 Å². The normalized spacial score (nSPS) is 9.50. The Kier molecular flexibility index (Phi) is 3.55. The number of tetrazole rings is 1. The molecule has 0 aliphatic heterocycles. The molecule has 1 heterocycles. The number of para-hydroxylation sites is 1. The maximum atomic E-state index is 5.36. The van der Waals surface area contributed by atoms with Crippen LogP contribution in [0, 0.1) is 0 Å². The van der Waals surface area contributed by atoms with Crippen molar-refractivity contribution in [3.05, 3.63) is 36.2 Å². The van der Waals surface area contributed by atoms with E-state index in [4.69, 9.17) is 5.73 Å². The summed E-state index contributed by atoms with van der Waals surface area (Å²) in [5.41, 5.74) is 6.25. The first-order chi connectivity index (χ1) is 6.40. The van der Waals surface area contributed by atoms with E-state index in [0.717, 1.165) is 5.69 Å². The molecule has 0 saturated heterocycles. The first-order valence-electron chi connectivity index (χ1n) is 3.94. The Bertz CT molecular complexity index is 386. The van der Waals surface area contributed by atoms with Crippen LogP contribution in [-0.4, -0.2) is 20.2 Å². The fourth-order valence-corrected chi connectivity index (χ4v) is 0.996. The summed E-state index contributed by atoms with van der Waals surface area (Å²) in [6, 6.07) is 9.58. The van der Waals surface area contributed by atoms with Gasteiger partial charge in [0.2, 0.25) is 0 Å². The molecule has 0 aliphatic carbocycles. The average Bonchev–Trinajstić information content (AvgIpc) is 2.67. The second kappa shape index (κ2) is 4.69. The molecule has 2 N–H and O–H groups in total. The highest BCUT2D eigenvalue weighted by atomic mass is 35.5. The topological polar surface area (TPSA) is 69.6 Å². The quantitative estimate of drug-likeness (QED) is 0.788. The fraction of sp³-hybridized carbons (Fsp3) is 0.125. The van der Waals surface area contributed by atoms with E-state index in [1.807, 2.05) is 30.3 Å². The molecule has 0 radical (unpaired) electrons. The van der Waals surface area contributed by atoms with Gasteiger partial charge >= 0.3 is 0 Å². The molecule has 1 aromatic heterocycles.